The molecule has 4 heterocycles. The molecular formula is C32H41N7O6Si. The quantitative estimate of drug-likeness (QED) is 0.0983. The molecule has 1 aromatic carbocycles. The topological polar surface area (TPSA) is 138 Å². The van der Waals surface area contributed by atoms with Crippen LogP contribution in [-0.4, -0.2) is 74.9 Å². The van der Waals surface area contributed by atoms with Crippen molar-refractivity contribution < 1.29 is 19.2 Å². The molecule has 13 nitrogen and oxygen atoms in total. The summed E-state index contributed by atoms with van der Waals surface area (Å²) in [7, 11) is -1.36. The van der Waals surface area contributed by atoms with Crippen LogP contribution in [0.5, 0.6) is 0 Å². The number of hydrogen-bond acceptors (Lipinski definition) is 9. The number of pyridine rings is 2. The average Bonchev–Trinajstić information content (AvgIpc) is 3.28. The SMILES string of the molecule is CC(C)(C)OC(=O)N1CCN(c2ccc([N+](=O)[O-])c(-n3c(=O)n(COCC[Si](C)(C)C)c4ncccc43)n2)C(c2ccccc2)C1. The number of piperazine rings is 1. The van der Waals surface area contributed by atoms with Crippen molar-refractivity contribution in [1.29, 1.82) is 0 Å². The molecule has 1 unspecified atom stereocenters. The number of benzene rings is 1. The van der Waals surface area contributed by atoms with E-state index in [1.54, 1.807) is 29.3 Å². The highest BCUT2D eigenvalue weighted by molar-refractivity contribution is 6.76. The number of carbonyl (C=O) groups is 1. The maximum absolute atomic E-state index is 13.9. The van der Waals surface area contributed by atoms with Crippen molar-refractivity contribution in [1.82, 2.24) is 24.0 Å². The molecule has 1 atom stereocenters. The molecule has 46 heavy (non-hydrogen) atoms. The molecule has 0 bridgehead atoms. The summed E-state index contributed by atoms with van der Waals surface area (Å²) in [6, 6.07) is 16.6. The largest absolute Gasteiger partial charge is 0.444 e. The highest BCUT2D eigenvalue weighted by Crippen LogP contribution is 2.33. The van der Waals surface area contributed by atoms with E-state index in [1.807, 2.05) is 56.0 Å². The Kier molecular flexibility index (Phi) is 9.31. The average molecular weight is 648 g/mol. The van der Waals surface area contributed by atoms with E-state index in [2.05, 4.69) is 24.6 Å². The van der Waals surface area contributed by atoms with Gasteiger partial charge in [0.05, 0.1) is 16.5 Å². The van der Waals surface area contributed by atoms with Gasteiger partial charge in [0.15, 0.2) is 5.65 Å². The highest BCUT2D eigenvalue weighted by Gasteiger charge is 2.35. The predicted octanol–water partition coefficient (Wildman–Crippen LogP) is 5.60. The summed E-state index contributed by atoms with van der Waals surface area (Å²) in [5, 5.41) is 12.3. The number of amides is 1. The molecule has 0 radical (unpaired) electrons. The summed E-state index contributed by atoms with van der Waals surface area (Å²) in [6.07, 6.45) is 1.15. The molecule has 1 saturated heterocycles. The Labute approximate surface area is 268 Å². The molecule has 1 aliphatic rings. The number of nitro groups is 1. The first kappa shape index (κ1) is 32.8. The smallest absolute Gasteiger partial charge is 0.410 e. The number of fused-ring (bicyclic) bond motifs is 1. The van der Waals surface area contributed by atoms with Crippen LogP contribution in [0, 0.1) is 10.1 Å². The van der Waals surface area contributed by atoms with Crippen LogP contribution in [0.25, 0.3) is 17.0 Å². The zero-order chi connectivity index (χ0) is 33.2. The van der Waals surface area contributed by atoms with Crippen molar-refractivity contribution in [3.8, 4) is 5.82 Å². The third-order valence-electron chi connectivity index (χ3n) is 7.66. The van der Waals surface area contributed by atoms with Gasteiger partial charge in [0.25, 0.3) is 0 Å². The Bertz CT molecular complexity index is 1780. The van der Waals surface area contributed by atoms with Gasteiger partial charge in [-0.1, -0.05) is 50.0 Å². The second-order valence-corrected chi connectivity index (χ2v) is 19.2. The molecule has 3 aromatic heterocycles. The summed E-state index contributed by atoms with van der Waals surface area (Å²) in [6.45, 7) is 13.7. The molecule has 0 saturated carbocycles. The Morgan fingerprint density at radius 1 is 1.07 bits per heavy atom. The second-order valence-electron chi connectivity index (χ2n) is 13.6. The monoisotopic (exact) mass is 647 g/mol. The Hall–Kier alpha value is -4.56. The molecule has 4 aromatic rings. The summed E-state index contributed by atoms with van der Waals surface area (Å²) < 4.78 is 14.2. The van der Waals surface area contributed by atoms with Crippen LogP contribution < -0.4 is 10.6 Å². The number of carbonyl (C=O) groups excluding carboxylic acids is 1. The lowest BCUT2D eigenvalue weighted by Gasteiger charge is -2.42. The zero-order valence-corrected chi connectivity index (χ0v) is 28.2. The standard InChI is InChI=1S/C32H41N7O6Si/c1-32(2,3)45-31(41)35-17-18-36(26(21-35)23-11-8-7-9-12-23)27-15-14-25(39(42)43)29(34-27)38-24-13-10-16-33-28(24)37(30(38)40)22-44-19-20-46(4,5)6/h7-16,26H,17-22H2,1-6H3. The minimum atomic E-state index is -1.36. The lowest BCUT2D eigenvalue weighted by Crippen LogP contribution is -2.52. The number of aromatic nitrogens is 4. The van der Waals surface area contributed by atoms with Gasteiger partial charge in [-0.05, 0) is 50.6 Å². The van der Waals surface area contributed by atoms with E-state index in [0.29, 0.717) is 43.2 Å². The van der Waals surface area contributed by atoms with E-state index in [0.717, 1.165) is 11.6 Å². The first-order valence-electron chi connectivity index (χ1n) is 15.3. The fourth-order valence-electron chi connectivity index (χ4n) is 5.35. The molecule has 0 aliphatic carbocycles. The third-order valence-corrected chi connectivity index (χ3v) is 9.36. The Morgan fingerprint density at radius 3 is 2.48 bits per heavy atom. The molecule has 1 fully saturated rings. The van der Waals surface area contributed by atoms with Crippen LogP contribution in [-0.2, 0) is 16.2 Å². The van der Waals surface area contributed by atoms with Crippen molar-refractivity contribution in [2.45, 2.75) is 64.8 Å². The minimum absolute atomic E-state index is 0.0416. The van der Waals surface area contributed by atoms with Gasteiger partial charge in [0.1, 0.15) is 18.1 Å². The van der Waals surface area contributed by atoms with E-state index >= 15 is 0 Å². The van der Waals surface area contributed by atoms with E-state index in [9.17, 15) is 19.7 Å². The molecular weight excluding hydrogens is 606 g/mol. The molecule has 1 amide bonds. The summed E-state index contributed by atoms with van der Waals surface area (Å²) in [5.41, 5.74) is 0.150. The van der Waals surface area contributed by atoms with E-state index in [4.69, 9.17) is 14.5 Å². The van der Waals surface area contributed by atoms with E-state index in [1.165, 1.54) is 15.2 Å². The van der Waals surface area contributed by atoms with Crippen molar-refractivity contribution in [2.24, 2.45) is 0 Å². The Balaban J connectivity index is 1.56. The van der Waals surface area contributed by atoms with Crippen LogP contribution in [0.2, 0.25) is 25.7 Å². The number of anilines is 1. The van der Waals surface area contributed by atoms with Crippen molar-refractivity contribution in [2.75, 3.05) is 31.1 Å². The summed E-state index contributed by atoms with van der Waals surface area (Å²) >= 11 is 0. The number of rotatable bonds is 9. The first-order valence-corrected chi connectivity index (χ1v) is 19.0. The van der Waals surface area contributed by atoms with Crippen LogP contribution in [0.3, 0.4) is 0 Å². The van der Waals surface area contributed by atoms with Crippen molar-refractivity contribution in [3.63, 3.8) is 0 Å². The van der Waals surface area contributed by atoms with Crippen LogP contribution in [0.15, 0.2) is 65.6 Å². The lowest BCUT2D eigenvalue weighted by atomic mass is 10.0. The number of imidazole rings is 1. The van der Waals surface area contributed by atoms with E-state index in [-0.39, 0.29) is 24.3 Å². The molecule has 244 valence electrons. The van der Waals surface area contributed by atoms with Crippen molar-refractivity contribution >= 4 is 36.8 Å². The van der Waals surface area contributed by atoms with Gasteiger partial charge in [0, 0.05) is 46.6 Å². The zero-order valence-electron chi connectivity index (χ0n) is 27.2. The van der Waals surface area contributed by atoms with Crippen LogP contribution >= 0.6 is 0 Å². The predicted molar refractivity (Wildman–Crippen MR) is 178 cm³/mol. The van der Waals surface area contributed by atoms with E-state index < -0.39 is 30.4 Å². The summed E-state index contributed by atoms with van der Waals surface area (Å²) in [5.74, 6) is 0.314. The minimum Gasteiger partial charge on any atom is -0.444 e. The summed E-state index contributed by atoms with van der Waals surface area (Å²) in [4.78, 5) is 51.6. The maximum atomic E-state index is 13.9. The van der Waals surface area contributed by atoms with Gasteiger partial charge in [-0.25, -0.2) is 24.1 Å². The molecule has 5 rings (SSSR count). The third kappa shape index (κ3) is 7.28. The number of nitrogens with zero attached hydrogens (tertiary/aromatic N) is 7. The lowest BCUT2D eigenvalue weighted by molar-refractivity contribution is -0.384. The maximum Gasteiger partial charge on any atom is 0.410 e. The fraction of sp³-hybridized carbons (Fsp3) is 0.438. The second kappa shape index (κ2) is 13.0. The normalized spacial score (nSPS) is 15.7. The van der Waals surface area contributed by atoms with Crippen LogP contribution in [0.4, 0.5) is 16.3 Å². The first-order chi connectivity index (χ1) is 21.7. The van der Waals surface area contributed by atoms with Gasteiger partial charge in [-0.3, -0.25) is 14.7 Å². The van der Waals surface area contributed by atoms with Gasteiger partial charge in [0.2, 0.25) is 5.82 Å². The van der Waals surface area contributed by atoms with Crippen LogP contribution in [0.1, 0.15) is 32.4 Å². The van der Waals surface area contributed by atoms with Gasteiger partial charge >= 0.3 is 17.5 Å². The number of ether oxygens (including phenoxy) is 2. The van der Waals surface area contributed by atoms with Gasteiger partial charge in [-0.2, -0.15) is 0 Å². The molecule has 14 heteroatoms. The van der Waals surface area contributed by atoms with Crippen molar-refractivity contribution in [3.05, 3.63) is 87.0 Å². The Morgan fingerprint density at radius 2 is 1.80 bits per heavy atom. The molecule has 0 spiro atoms. The molecule has 0 N–H and O–H groups in total. The van der Waals surface area contributed by atoms with Gasteiger partial charge < -0.3 is 19.3 Å². The van der Waals surface area contributed by atoms with Gasteiger partial charge in [-0.15, -0.1) is 0 Å². The molecule has 1 aliphatic heterocycles. The number of hydrogen-bond donors (Lipinski definition) is 0. The highest BCUT2D eigenvalue weighted by atomic mass is 28.3. The fourth-order valence-corrected chi connectivity index (χ4v) is 6.11.